The molecular formula is C2H3BrO2S. The van der Waals surface area contributed by atoms with E-state index in [0.717, 1.165) is 0 Å². The molecule has 0 amide bonds. The fraction of sp³-hybridized carbons (Fsp3) is 0. The summed E-state index contributed by atoms with van der Waals surface area (Å²) in [5.41, 5.74) is 0. The maximum atomic E-state index is 9.59. The Labute approximate surface area is 45.9 Å². The summed E-state index contributed by atoms with van der Waals surface area (Å²) >= 11 is 2.65. The average molecular weight is 171 g/mol. The largest absolute Gasteiger partial charge is 0.226 e. The quantitative estimate of drug-likeness (QED) is 0.581. The summed E-state index contributed by atoms with van der Waals surface area (Å²) in [4.78, 5) is 0. The van der Waals surface area contributed by atoms with Crippen molar-refractivity contribution >= 4 is 26.6 Å². The summed E-state index contributed by atoms with van der Waals surface area (Å²) in [6.07, 6.45) is 0. The van der Waals surface area contributed by atoms with Gasteiger partial charge < -0.3 is 0 Å². The second kappa shape index (κ2) is 2.36. The number of thiol groups is 1. The number of rotatable bonds is 1. The molecule has 0 heterocycles. The minimum absolute atomic E-state index is 0.0255. The van der Waals surface area contributed by atoms with Gasteiger partial charge >= 0.3 is 0 Å². The summed E-state index contributed by atoms with van der Waals surface area (Å²) in [7, 11) is -2.44. The van der Waals surface area contributed by atoms with Crippen LogP contribution in [0.1, 0.15) is 0 Å². The molecule has 0 saturated carbocycles. The molecule has 0 aliphatic carbocycles. The minimum Gasteiger partial charge on any atom is -0.226 e. The SMILES string of the molecule is C=C(Br)[SH](=O)=O. The molecule has 0 unspecified atom stereocenters. The minimum atomic E-state index is -2.44. The Morgan fingerprint density at radius 1 is 1.67 bits per heavy atom. The van der Waals surface area contributed by atoms with Crippen molar-refractivity contribution in [3.63, 3.8) is 0 Å². The fourth-order valence-corrected chi connectivity index (χ4v) is 0. The first-order valence-electron chi connectivity index (χ1n) is 1.13. The van der Waals surface area contributed by atoms with Gasteiger partial charge in [-0.1, -0.05) is 6.58 Å². The first kappa shape index (κ1) is 6.17. The van der Waals surface area contributed by atoms with Gasteiger partial charge in [0.15, 0.2) is 10.7 Å². The predicted octanol–water partition coefficient (Wildman–Crippen LogP) is 0.464. The zero-order chi connectivity index (χ0) is 5.15. The van der Waals surface area contributed by atoms with E-state index in [9.17, 15) is 8.42 Å². The van der Waals surface area contributed by atoms with Crippen LogP contribution < -0.4 is 0 Å². The standard InChI is InChI=1S/C2H3BrO2S/c1-2(3)6(4)5/h6H,1H2. The van der Waals surface area contributed by atoms with Crippen molar-refractivity contribution in [2.75, 3.05) is 0 Å². The molecule has 36 valence electrons. The van der Waals surface area contributed by atoms with Crippen LogP contribution in [0, 0.1) is 0 Å². The van der Waals surface area contributed by atoms with Crippen LogP contribution in [-0.4, -0.2) is 8.42 Å². The van der Waals surface area contributed by atoms with Crippen LogP contribution in [0.4, 0.5) is 0 Å². The average Bonchev–Trinajstić information content (AvgIpc) is 1.36. The lowest BCUT2D eigenvalue weighted by molar-refractivity contribution is 0.621. The number of hydrogen-bond donors (Lipinski definition) is 1. The van der Waals surface area contributed by atoms with Crippen LogP contribution in [-0.2, 0) is 10.7 Å². The molecule has 0 aliphatic heterocycles. The molecule has 0 spiro atoms. The Morgan fingerprint density at radius 2 is 1.83 bits per heavy atom. The Bertz CT molecular complexity index is 118. The monoisotopic (exact) mass is 170 g/mol. The van der Waals surface area contributed by atoms with E-state index in [1.54, 1.807) is 0 Å². The normalized spacial score (nSPS) is 9.00. The second-order valence-electron chi connectivity index (χ2n) is 0.633. The Morgan fingerprint density at radius 3 is 1.83 bits per heavy atom. The molecule has 0 fully saturated rings. The molecule has 0 rings (SSSR count). The van der Waals surface area contributed by atoms with E-state index in [2.05, 4.69) is 22.5 Å². The van der Waals surface area contributed by atoms with Gasteiger partial charge in [-0.05, 0) is 15.9 Å². The van der Waals surface area contributed by atoms with Crippen molar-refractivity contribution in [1.82, 2.24) is 0 Å². The molecule has 0 aromatic rings. The van der Waals surface area contributed by atoms with Crippen LogP contribution in [0.15, 0.2) is 10.4 Å². The van der Waals surface area contributed by atoms with Crippen molar-refractivity contribution < 1.29 is 8.42 Å². The molecule has 6 heavy (non-hydrogen) atoms. The van der Waals surface area contributed by atoms with Gasteiger partial charge in [-0.3, -0.25) is 0 Å². The zero-order valence-corrected chi connectivity index (χ0v) is 5.33. The fourth-order valence-electron chi connectivity index (χ4n) is 0. The summed E-state index contributed by atoms with van der Waals surface area (Å²) in [6, 6.07) is 0. The summed E-state index contributed by atoms with van der Waals surface area (Å²) in [5.74, 6) is 0. The molecule has 0 saturated heterocycles. The Hall–Kier alpha value is 0.170. The van der Waals surface area contributed by atoms with Crippen molar-refractivity contribution in [2.24, 2.45) is 0 Å². The third kappa shape index (κ3) is 2.41. The third-order valence-corrected chi connectivity index (χ3v) is 1.46. The maximum Gasteiger partial charge on any atom is 0.174 e. The van der Waals surface area contributed by atoms with E-state index >= 15 is 0 Å². The number of halogens is 1. The van der Waals surface area contributed by atoms with Crippen LogP contribution in [0.3, 0.4) is 0 Å². The molecule has 0 atom stereocenters. The van der Waals surface area contributed by atoms with Gasteiger partial charge in [0.2, 0.25) is 0 Å². The third-order valence-electron chi connectivity index (χ3n) is 0.198. The summed E-state index contributed by atoms with van der Waals surface area (Å²) in [6.45, 7) is 3.08. The van der Waals surface area contributed by atoms with Crippen LogP contribution >= 0.6 is 15.9 Å². The molecule has 0 aromatic heterocycles. The first-order valence-corrected chi connectivity index (χ1v) is 3.10. The highest BCUT2D eigenvalue weighted by molar-refractivity contribution is 9.13. The molecule has 0 bridgehead atoms. The highest BCUT2D eigenvalue weighted by Gasteiger charge is 1.80. The van der Waals surface area contributed by atoms with Gasteiger partial charge in [0.1, 0.15) is 0 Å². The van der Waals surface area contributed by atoms with Crippen molar-refractivity contribution in [3.8, 4) is 0 Å². The van der Waals surface area contributed by atoms with E-state index in [1.165, 1.54) is 0 Å². The van der Waals surface area contributed by atoms with Crippen LogP contribution in [0.25, 0.3) is 0 Å². The highest BCUT2D eigenvalue weighted by atomic mass is 79.9. The number of hydrogen-bond acceptors (Lipinski definition) is 2. The van der Waals surface area contributed by atoms with E-state index < -0.39 is 10.7 Å². The molecular weight excluding hydrogens is 168 g/mol. The maximum absolute atomic E-state index is 9.59. The van der Waals surface area contributed by atoms with Crippen molar-refractivity contribution in [2.45, 2.75) is 0 Å². The summed E-state index contributed by atoms with van der Waals surface area (Å²) < 4.78 is 19.2. The first-order chi connectivity index (χ1) is 2.64. The molecule has 2 nitrogen and oxygen atoms in total. The lowest BCUT2D eigenvalue weighted by Crippen LogP contribution is -1.65. The molecule has 0 aliphatic rings. The van der Waals surface area contributed by atoms with E-state index in [4.69, 9.17) is 0 Å². The highest BCUT2D eigenvalue weighted by Crippen LogP contribution is 1.97. The molecule has 0 aromatic carbocycles. The summed E-state index contributed by atoms with van der Waals surface area (Å²) in [5, 5.41) is 0. The lowest BCUT2D eigenvalue weighted by Gasteiger charge is -1.68. The van der Waals surface area contributed by atoms with Crippen LogP contribution in [0.5, 0.6) is 0 Å². The van der Waals surface area contributed by atoms with Gasteiger partial charge in [0, 0.05) is 0 Å². The van der Waals surface area contributed by atoms with Crippen molar-refractivity contribution in [1.29, 1.82) is 0 Å². The molecule has 0 N–H and O–H groups in total. The smallest absolute Gasteiger partial charge is 0.174 e. The Kier molecular flexibility index (Phi) is 2.43. The van der Waals surface area contributed by atoms with Gasteiger partial charge in [0.25, 0.3) is 0 Å². The zero-order valence-electron chi connectivity index (χ0n) is 2.85. The topological polar surface area (TPSA) is 34.1 Å². The second-order valence-corrected chi connectivity index (χ2v) is 3.26. The van der Waals surface area contributed by atoms with Crippen molar-refractivity contribution in [3.05, 3.63) is 10.4 Å². The van der Waals surface area contributed by atoms with E-state index in [1.807, 2.05) is 0 Å². The van der Waals surface area contributed by atoms with Gasteiger partial charge in [-0.2, -0.15) is 0 Å². The van der Waals surface area contributed by atoms with E-state index in [-0.39, 0.29) is 3.81 Å². The molecule has 0 radical (unpaired) electrons. The van der Waals surface area contributed by atoms with Gasteiger partial charge in [-0.25, -0.2) is 8.42 Å². The molecule has 4 heteroatoms. The van der Waals surface area contributed by atoms with Gasteiger partial charge in [0.05, 0.1) is 3.81 Å². The predicted molar refractivity (Wildman–Crippen MR) is 28.4 cm³/mol. The van der Waals surface area contributed by atoms with Crippen LogP contribution in [0.2, 0.25) is 0 Å². The van der Waals surface area contributed by atoms with Gasteiger partial charge in [-0.15, -0.1) is 0 Å². The Balaban J connectivity index is 3.94. The van der Waals surface area contributed by atoms with E-state index in [0.29, 0.717) is 0 Å². The lowest BCUT2D eigenvalue weighted by atomic mass is 11.3.